The molecule has 1 heterocycles. The number of pyridine rings is 1. The monoisotopic (exact) mass is 274 g/mol. The third-order valence-electron chi connectivity index (χ3n) is 1.92. The minimum absolute atomic E-state index is 0.374. The van der Waals surface area contributed by atoms with Crippen molar-refractivity contribution in [2.75, 3.05) is 25.6 Å². The summed E-state index contributed by atoms with van der Waals surface area (Å²) in [4.78, 5) is 3.96. The molecule has 0 aliphatic carbocycles. The van der Waals surface area contributed by atoms with Gasteiger partial charge < -0.3 is 15.2 Å². The Balaban J connectivity index is 2.29. The van der Waals surface area contributed by atoms with E-state index in [2.05, 4.69) is 26.2 Å². The third-order valence-corrected chi connectivity index (χ3v) is 2.56. The minimum Gasteiger partial charge on any atom is -0.391 e. The first-order valence-electron chi connectivity index (χ1n) is 4.74. The number of aliphatic hydroxyl groups excluding tert-OH is 1. The fourth-order valence-electron chi connectivity index (χ4n) is 1.17. The van der Waals surface area contributed by atoms with Crippen LogP contribution in [0.2, 0.25) is 0 Å². The highest BCUT2D eigenvalue weighted by atomic mass is 79.9. The van der Waals surface area contributed by atoms with Crippen molar-refractivity contribution in [3.8, 4) is 0 Å². The molecule has 0 aliphatic heterocycles. The maximum Gasteiger partial charge on any atom is 0.0790 e. The number of aliphatic hydroxyl groups is 1. The molecule has 0 amide bonds. The second-order valence-corrected chi connectivity index (χ2v) is 4.03. The van der Waals surface area contributed by atoms with E-state index in [1.54, 1.807) is 19.5 Å². The lowest BCUT2D eigenvalue weighted by atomic mass is 10.2. The number of methoxy groups -OCH3 is 1. The van der Waals surface area contributed by atoms with Gasteiger partial charge in [0.2, 0.25) is 0 Å². The molecule has 1 aromatic rings. The summed E-state index contributed by atoms with van der Waals surface area (Å²) in [5.74, 6) is 0. The van der Waals surface area contributed by atoms with E-state index < -0.39 is 6.10 Å². The summed E-state index contributed by atoms with van der Waals surface area (Å²) in [6, 6.07) is 1.88. The number of ether oxygens (including phenoxy) is 1. The predicted octanol–water partition coefficient (Wildman–Crippen LogP) is 1.65. The lowest BCUT2D eigenvalue weighted by molar-refractivity contribution is 0.0615. The Kier molecular flexibility index (Phi) is 5.60. The molecule has 1 rings (SSSR count). The lowest BCUT2D eigenvalue weighted by Crippen LogP contribution is -2.18. The standard InChI is InChI=1S/C10H15BrN2O2/c1-15-7-8(14)2-5-13-10-3-4-12-6-9(10)11/h3-4,6,8,14H,2,5,7H2,1H3,(H,12,13). The quantitative estimate of drug-likeness (QED) is 0.829. The lowest BCUT2D eigenvalue weighted by Gasteiger charge is -2.11. The molecule has 0 aromatic carbocycles. The van der Waals surface area contributed by atoms with Crippen LogP contribution in [0, 0.1) is 0 Å². The van der Waals surface area contributed by atoms with Crippen LogP contribution >= 0.6 is 15.9 Å². The number of halogens is 1. The van der Waals surface area contributed by atoms with Crippen LogP contribution in [0.5, 0.6) is 0 Å². The van der Waals surface area contributed by atoms with Crippen molar-refractivity contribution < 1.29 is 9.84 Å². The van der Waals surface area contributed by atoms with E-state index in [4.69, 9.17) is 4.74 Å². The van der Waals surface area contributed by atoms with Gasteiger partial charge in [-0.1, -0.05) is 0 Å². The molecular weight excluding hydrogens is 260 g/mol. The van der Waals surface area contributed by atoms with Gasteiger partial charge in [0.15, 0.2) is 0 Å². The highest BCUT2D eigenvalue weighted by molar-refractivity contribution is 9.10. The van der Waals surface area contributed by atoms with E-state index in [0.717, 1.165) is 10.2 Å². The van der Waals surface area contributed by atoms with E-state index in [1.165, 1.54) is 0 Å². The van der Waals surface area contributed by atoms with Gasteiger partial charge in [-0.05, 0) is 28.4 Å². The zero-order chi connectivity index (χ0) is 11.1. The SMILES string of the molecule is COCC(O)CCNc1ccncc1Br. The maximum absolute atomic E-state index is 9.41. The van der Waals surface area contributed by atoms with Crippen LogP contribution in [0.15, 0.2) is 22.9 Å². The average Bonchev–Trinajstić information content (AvgIpc) is 2.21. The largest absolute Gasteiger partial charge is 0.391 e. The average molecular weight is 275 g/mol. The molecule has 0 aliphatic rings. The number of rotatable bonds is 6. The highest BCUT2D eigenvalue weighted by Gasteiger charge is 2.03. The fraction of sp³-hybridized carbons (Fsp3) is 0.500. The van der Waals surface area contributed by atoms with Crippen LogP contribution in [-0.4, -0.2) is 36.5 Å². The molecule has 0 saturated heterocycles. The van der Waals surface area contributed by atoms with Crippen molar-refractivity contribution in [2.45, 2.75) is 12.5 Å². The number of anilines is 1. The summed E-state index contributed by atoms with van der Waals surface area (Å²) in [6.45, 7) is 1.08. The molecule has 0 fully saturated rings. The molecule has 84 valence electrons. The highest BCUT2D eigenvalue weighted by Crippen LogP contribution is 2.19. The van der Waals surface area contributed by atoms with E-state index >= 15 is 0 Å². The van der Waals surface area contributed by atoms with Gasteiger partial charge in [-0.2, -0.15) is 0 Å². The summed E-state index contributed by atoms with van der Waals surface area (Å²) in [5.41, 5.74) is 0.981. The number of hydrogen-bond donors (Lipinski definition) is 2. The van der Waals surface area contributed by atoms with Crippen molar-refractivity contribution in [2.24, 2.45) is 0 Å². The Morgan fingerprint density at radius 1 is 1.67 bits per heavy atom. The molecule has 0 radical (unpaired) electrons. The molecule has 4 nitrogen and oxygen atoms in total. The first-order valence-corrected chi connectivity index (χ1v) is 5.53. The van der Waals surface area contributed by atoms with E-state index in [1.807, 2.05) is 6.07 Å². The van der Waals surface area contributed by atoms with Crippen molar-refractivity contribution in [1.82, 2.24) is 4.98 Å². The zero-order valence-electron chi connectivity index (χ0n) is 8.61. The first-order chi connectivity index (χ1) is 7.24. The molecule has 0 saturated carbocycles. The van der Waals surface area contributed by atoms with Crippen LogP contribution in [0.25, 0.3) is 0 Å². The smallest absolute Gasteiger partial charge is 0.0790 e. The number of hydrogen-bond acceptors (Lipinski definition) is 4. The number of nitrogens with one attached hydrogen (secondary N) is 1. The third kappa shape index (κ3) is 4.59. The maximum atomic E-state index is 9.41. The van der Waals surface area contributed by atoms with Crippen molar-refractivity contribution in [1.29, 1.82) is 0 Å². The van der Waals surface area contributed by atoms with Gasteiger partial charge in [0, 0.05) is 26.0 Å². The normalized spacial score (nSPS) is 12.5. The van der Waals surface area contributed by atoms with Gasteiger partial charge in [0.05, 0.1) is 22.9 Å². The first kappa shape index (κ1) is 12.4. The van der Waals surface area contributed by atoms with Crippen LogP contribution < -0.4 is 5.32 Å². The molecule has 0 spiro atoms. The van der Waals surface area contributed by atoms with Crippen LogP contribution in [-0.2, 0) is 4.74 Å². The fourth-order valence-corrected chi connectivity index (χ4v) is 1.56. The van der Waals surface area contributed by atoms with Gasteiger partial charge in [-0.3, -0.25) is 4.98 Å². The van der Waals surface area contributed by atoms with E-state index in [-0.39, 0.29) is 0 Å². The zero-order valence-corrected chi connectivity index (χ0v) is 10.2. The summed E-state index contributed by atoms with van der Waals surface area (Å²) in [7, 11) is 1.58. The summed E-state index contributed by atoms with van der Waals surface area (Å²) in [5, 5.41) is 12.6. The number of aromatic nitrogens is 1. The molecular formula is C10H15BrN2O2. The molecule has 5 heteroatoms. The van der Waals surface area contributed by atoms with Crippen molar-refractivity contribution in [3.05, 3.63) is 22.9 Å². The molecule has 1 aromatic heterocycles. The van der Waals surface area contributed by atoms with Crippen LogP contribution in [0.3, 0.4) is 0 Å². The molecule has 15 heavy (non-hydrogen) atoms. The minimum atomic E-state index is -0.414. The Hall–Kier alpha value is -0.650. The summed E-state index contributed by atoms with van der Waals surface area (Å²) < 4.78 is 5.76. The van der Waals surface area contributed by atoms with Gasteiger partial charge >= 0.3 is 0 Å². The van der Waals surface area contributed by atoms with Crippen LogP contribution in [0.1, 0.15) is 6.42 Å². The van der Waals surface area contributed by atoms with Crippen molar-refractivity contribution >= 4 is 21.6 Å². The van der Waals surface area contributed by atoms with Gasteiger partial charge in [-0.15, -0.1) is 0 Å². The Bertz CT molecular complexity index is 297. The second kappa shape index (κ2) is 6.76. The van der Waals surface area contributed by atoms with Gasteiger partial charge in [-0.25, -0.2) is 0 Å². The molecule has 1 atom stereocenters. The predicted molar refractivity (Wildman–Crippen MR) is 62.9 cm³/mol. The second-order valence-electron chi connectivity index (χ2n) is 3.18. The molecule has 2 N–H and O–H groups in total. The van der Waals surface area contributed by atoms with Crippen LogP contribution in [0.4, 0.5) is 5.69 Å². The molecule has 0 bridgehead atoms. The van der Waals surface area contributed by atoms with Crippen molar-refractivity contribution in [3.63, 3.8) is 0 Å². The Morgan fingerprint density at radius 3 is 3.13 bits per heavy atom. The van der Waals surface area contributed by atoms with E-state index in [0.29, 0.717) is 19.6 Å². The summed E-state index contributed by atoms with van der Waals surface area (Å²) in [6.07, 6.45) is 3.69. The molecule has 1 unspecified atom stereocenters. The summed E-state index contributed by atoms with van der Waals surface area (Å²) >= 11 is 3.38. The Morgan fingerprint density at radius 2 is 2.47 bits per heavy atom. The van der Waals surface area contributed by atoms with Gasteiger partial charge in [0.1, 0.15) is 0 Å². The number of nitrogens with zero attached hydrogens (tertiary/aromatic N) is 1. The topological polar surface area (TPSA) is 54.4 Å². The van der Waals surface area contributed by atoms with Gasteiger partial charge in [0.25, 0.3) is 0 Å². The Labute approximate surface area is 97.8 Å². The van der Waals surface area contributed by atoms with E-state index in [9.17, 15) is 5.11 Å².